The maximum absolute atomic E-state index is 7.91. The lowest BCUT2D eigenvalue weighted by Crippen LogP contribution is -1.98. The molecule has 0 aliphatic heterocycles. The van der Waals surface area contributed by atoms with E-state index in [4.69, 9.17) is 17.0 Å². The molecule has 1 N–H and O–H groups in total. The lowest BCUT2D eigenvalue weighted by molar-refractivity contribution is 1.35. The van der Waals surface area contributed by atoms with Crippen LogP contribution in [-0.4, -0.2) is 10.7 Å². The van der Waals surface area contributed by atoms with E-state index in [0.29, 0.717) is 10.9 Å². The number of halogens is 1. The highest BCUT2D eigenvalue weighted by atomic mass is 35.5. The van der Waals surface area contributed by atoms with Crippen LogP contribution in [0.1, 0.15) is 26.3 Å². The van der Waals surface area contributed by atoms with Crippen molar-refractivity contribution in [2.45, 2.75) is 25.7 Å². The van der Waals surface area contributed by atoms with Gasteiger partial charge < -0.3 is 5.41 Å². The van der Waals surface area contributed by atoms with Crippen LogP contribution < -0.4 is 0 Å². The van der Waals surface area contributed by atoms with Crippen LogP contribution >= 0.6 is 24.2 Å². The maximum atomic E-state index is 7.91. The molecule has 0 amide bonds. The Morgan fingerprint density at radius 1 is 1.21 bits per heavy atom. The van der Waals surface area contributed by atoms with Gasteiger partial charge in [0.2, 0.25) is 0 Å². The van der Waals surface area contributed by atoms with E-state index in [1.807, 2.05) is 32.0 Å². The summed E-state index contributed by atoms with van der Waals surface area (Å²) < 4.78 is 0. The van der Waals surface area contributed by atoms with E-state index in [0.717, 1.165) is 32.5 Å². The summed E-state index contributed by atoms with van der Waals surface area (Å²) in [5.74, 6) is 0. The molecule has 2 aromatic rings. The molecular formula is C15H15ClN2S. The van der Waals surface area contributed by atoms with Crippen molar-refractivity contribution in [3.63, 3.8) is 0 Å². The van der Waals surface area contributed by atoms with Crippen LogP contribution in [0.25, 0.3) is 16.5 Å². The highest BCUT2D eigenvalue weighted by molar-refractivity contribution is 7.80. The molecule has 1 aromatic carbocycles. The van der Waals surface area contributed by atoms with Crippen molar-refractivity contribution < 1.29 is 0 Å². The molecule has 0 fully saturated rings. The Hall–Kier alpha value is -1.32. The normalized spacial score (nSPS) is 10.6. The van der Waals surface area contributed by atoms with Gasteiger partial charge in [-0.2, -0.15) is 0 Å². The minimum atomic E-state index is 0.461. The molecule has 19 heavy (non-hydrogen) atoms. The zero-order chi connectivity index (χ0) is 14.2. The standard InChI is InChI=1S/C15H15ClN2S/c1-8(2)15(9(3)17)10-6-12-11(13(19)7-10)4-5-14(16)18-12/h4-7,17,19H,1-3H3. The van der Waals surface area contributed by atoms with Gasteiger partial charge in [-0.25, -0.2) is 4.98 Å². The quantitative estimate of drug-likeness (QED) is 0.455. The third-order valence-corrected chi connectivity index (χ3v) is 3.50. The number of nitrogens with one attached hydrogen (secondary N) is 1. The van der Waals surface area contributed by atoms with Gasteiger partial charge in [-0.15, -0.1) is 12.6 Å². The second-order valence-electron chi connectivity index (χ2n) is 4.70. The number of rotatable bonds is 2. The molecule has 0 saturated carbocycles. The Bertz CT molecular complexity index is 701. The number of pyridine rings is 1. The first-order valence-electron chi connectivity index (χ1n) is 5.93. The topological polar surface area (TPSA) is 36.7 Å². The molecule has 0 atom stereocenters. The van der Waals surface area contributed by atoms with Crippen LogP contribution in [-0.2, 0) is 0 Å². The van der Waals surface area contributed by atoms with Gasteiger partial charge >= 0.3 is 0 Å². The first-order valence-corrected chi connectivity index (χ1v) is 6.75. The summed E-state index contributed by atoms with van der Waals surface area (Å²) in [4.78, 5) is 5.17. The summed E-state index contributed by atoms with van der Waals surface area (Å²) in [5.41, 5.74) is 4.32. The number of nitrogens with zero attached hydrogens (tertiary/aromatic N) is 1. The summed E-state index contributed by atoms with van der Waals surface area (Å²) in [6.45, 7) is 5.79. The molecule has 0 aliphatic carbocycles. The van der Waals surface area contributed by atoms with E-state index in [-0.39, 0.29) is 0 Å². The average Bonchev–Trinajstić information content (AvgIpc) is 2.26. The Kier molecular flexibility index (Phi) is 3.97. The molecule has 1 aromatic heterocycles. The van der Waals surface area contributed by atoms with Gasteiger partial charge in [0.25, 0.3) is 0 Å². The largest absolute Gasteiger partial charge is 0.305 e. The smallest absolute Gasteiger partial charge is 0.129 e. The van der Waals surface area contributed by atoms with E-state index >= 15 is 0 Å². The number of benzene rings is 1. The van der Waals surface area contributed by atoms with E-state index in [1.54, 1.807) is 13.0 Å². The Morgan fingerprint density at radius 3 is 2.47 bits per heavy atom. The molecule has 98 valence electrons. The minimum Gasteiger partial charge on any atom is -0.305 e. The van der Waals surface area contributed by atoms with Gasteiger partial charge in [0.05, 0.1) is 5.52 Å². The van der Waals surface area contributed by atoms with Gasteiger partial charge in [0.15, 0.2) is 0 Å². The molecule has 0 aliphatic rings. The zero-order valence-corrected chi connectivity index (χ0v) is 12.7. The highest BCUT2D eigenvalue weighted by Gasteiger charge is 2.10. The lowest BCUT2D eigenvalue weighted by atomic mass is 9.96. The monoisotopic (exact) mass is 290 g/mol. The molecule has 0 saturated heterocycles. The number of hydrogen-bond donors (Lipinski definition) is 2. The summed E-state index contributed by atoms with van der Waals surface area (Å²) in [6.07, 6.45) is 0. The Balaban J connectivity index is 2.76. The highest BCUT2D eigenvalue weighted by Crippen LogP contribution is 2.29. The Labute approximate surface area is 123 Å². The van der Waals surface area contributed by atoms with Gasteiger partial charge in [-0.1, -0.05) is 17.2 Å². The summed E-state index contributed by atoms with van der Waals surface area (Å²) in [5, 5.41) is 9.34. The van der Waals surface area contributed by atoms with Crippen LogP contribution in [0.15, 0.2) is 34.7 Å². The SMILES string of the molecule is CC(=N)C(=C(C)C)c1cc(S)c2ccc(Cl)nc2c1. The van der Waals surface area contributed by atoms with E-state index in [1.165, 1.54) is 0 Å². The van der Waals surface area contributed by atoms with Crippen LogP contribution in [0.3, 0.4) is 0 Å². The van der Waals surface area contributed by atoms with Crippen molar-refractivity contribution in [3.8, 4) is 0 Å². The van der Waals surface area contributed by atoms with Crippen molar-refractivity contribution >= 4 is 46.4 Å². The number of allylic oxidation sites excluding steroid dienone is 2. The van der Waals surface area contributed by atoms with Crippen molar-refractivity contribution in [1.29, 1.82) is 5.41 Å². The molecule has 4 heteroatoms. The molecule has 0 radical (unpaired) electrons. The number of aromatic nitrogens is 1. The van der Waals surface area contributed by atoms with Crippen molar-refractivity contribution in [2.24, 2.45) is 0 Å². The molecule has 2 rings (SSSR count). The summed E-state index contributed by atoms with van der Waals surface area (Å²) in [7, 11) is 0. The van der Waals surface area contributed by atoms with E-state index < -0.39 is 0 Å². The molecule has 0 spiro atoms. The predicted molar refractivity (Wildman–Crippen MR) is 85.7 cm³/mol. The first kappa shape index (κ1) is 14.1. The molecule has 0 unspecified atom stereocenters. The summed E-state index contributed by atoms with van der Waals surface area (Å²) >= 11 is 10.4. The third kappa shape index (κ3) is 2.82. The molecule has 0 bridgehead atoms. The van der Waals surface area contributed by atoms with Crippen molar-refractivity contribution in [3.05, 3.63) is 40.6 Å². The van der Waals surface area contributed by atoms with Gasteiger partial charge in [0.1, 0.15) is 5.15 Å². The number of hydrogen-bond acceptors (Lipinski definition) is 3. The average molecular weight is 291 g/mol. The minimum absolute atomic E-state index is 0.461. The first-order chi connectivity index (χ1) is 8.90. The van der Waals surface area contributed by atoms with Crippen LogP contribution in [0.4, 0.5) is 0 Å². The maximum Gasteiger partial charge on any atom is 0.129 e. The zero-order valence-electron chi connectivity index (χ0n) is 11.1. The molecular weight excluding hydrogens is 276 g/mol. The fourth-order valence-corrected chi connectivity index (χ4v) is 2.70. The predicted octanol–water partition coefficient (Wildman–Crippen LogP) is 5.01. The van der Waals surface area contributed by atoms with Crippen LogP contribution in [0.5, 0.6) is 0 Å². The van der Waals surface area contributed by atoms with Gasteiger partial charge in [0, 0.05) is 21.6 Å². The second kappa shape index (κ2) is 5.35. The van der Waals surface area contributed by atoms with Crippen molar-refractivity contribution in [1.82, 2.24) is 4.98 Å². The lowest BCUT2D eigenvalue weighted by Gasteiger charge is -2.11. The summed E-state index contributed by atoms with van der Waals surface area (Å²) in [6, 6.07) is 7.60. The van der Waals surface area contributed by atoms with E-state index in [2.05, 4.69) is 17.6 Å². The molecule has 2 nitrogen and oxygen atoms in total. The third-order valence-electron chi connectivity index (χ3n) is 2.91. The molecule has 1 heterocycles. The van der Waals surface area contributed by atoms with Crippen molar-refractivity contribution in [2.75, 3.05) is 0 Å². The number of thiol groups is 1. The Morgan fingerprint density at radius 2 is 1.89 bits per heavy atom. The van der Waals surface area contributed by atoms with E-state index in [9.17, 15) is 0 Å². The van der Waals surface area contributed by atoms with Crippen LogP contribution in [0.2, 0.25) is 5.15 Å². The fraction of sp³-hybridized carbons (Fsp3) is 0.200. The van der Waals surface area contributed by atoms with Crippen LogP contribution in [0, 0.1) is 5.41 Å². The van der Waals surface area contributed by atoms with Gasteiger partial charge in [-0.05, 0) is 50.6 Å². The fourth-order valence-electron chi connectivity index (χ4n) is 2.22. The number of fused-ring (bicyclic) bond motifs is 1. The second-order valence-corrected chi connectivity index (χ2v) is 5.57. The van der Waals surface area contributed by atoms with Gasteiger partial charge in [-0.3, -0.25) is 0 Å².